The van der Waals surface area contributed by atoms with E-state index in [4.69, 9.17) is 4.74 Å². The predicted octanol–water partition coefficient (Wildman–Crippen LogP) is 0.0690. The molecule has 1 unspecified atom stereocenters. The molecular formula is C9H18N2O. The van der Waals surface area contributed by atoms with Crippen LogP contribution in [-0.4, -0.2) is 49.8 Å². The van der Waals surface area contributed by atoms with E-state index < -0.39 is 0 Å². The molecule has 2 aliphatic rings. The van der Waals surface area contributed by atoms with Gasteiger partial charge in [0.05, 0.1) is 19.3 Å². The Hall–Kier alpha value is -0.120. The first-order chi connectivity index (χ1) is 5.68. The topological polar surface area (TPSA) is 24.5 Å². The fraction of sp³-hybridized carbons (Fsp3) is 1.00. The molecule has 0 aromatic rings. The molecule has 3 heteroatoms. The van der Waals surface area contributed by atoms with Crippen molar-refractivity contribution in [3.05, 3.63) is 0 Å². The molecule has 2 saturated heterocycles. The quantitative estimate of drug-likeness (QED) is 0.634. The van der Waals surface area contributed by atoms with Gasteiger partial charge in [0, 0.05) is 12.1 Å². The standard InChI is InChI=1S/C9H18N2O/c1-9(3-4-11(2)7-9)10-8-5-12-6-8/h8,10H,3-7H2,1-2H3. The van der Waals surface area contributed by atoms with E-state index in [1.54, 1.807) is 0 Å². The molecule has 0 aromatic carbocycles. The summed E-state index contributed by atoms with van der Waals surface area (Å²) in [5.74, 6) is 0. The summed E-state index contributed by atoms with van der Waals surface area (Å²) in [4.78, 5) is 2.38. The summed E-state index contributed by atoms with van der Waals surface area (Å²) in [6.07, 6.45) is 1.26. The molecule has 3 nitrogen and oxygen atoms in total. The predicted molar refractivity (Wildman–Crippen MR) is 48.3 cm³/mol. The molecule has 0 saturated carbocycles. The molecule has 12 heavy (non-hydrogen) atoms. The number of hydrogen-bond donors (Lipinski definition) is 1. The minimum absolute atomic E-state index is 0.337. The van der Waals surface area contributed by atoms with E-state index in [0.29, 0.717) is 11.6 Å². The summed E-state index contributed by atoms with van der Waals surface area (Å²) in [6, 6.07) is 0.612. The van der Waals surface area contributed by atoms with Gasteiger partial charge in [-0.15, -0.1) is 0 Å². The van der Waals surface area contributed by atoms with E-state index in [1.807, 2.05) is 0 Å². The lowest BCUT2D eigenvalue weighted by atomic mass is 10.00. The first kappa shape index (κ1) is 8.48. The van der Waals surface area contributed by atoms with E-state index in [9.17, 15) is 0 Å². The van der Waals surface area contributed by atoms with E-state index in [2.05, 4.69) is 24.2 Å². The van der Waals surface area contributed by atoms with Crippen LogP contribution < -0.4 is 5.32 Å². The largest absolute Gasteiger partial charge is 0.378 e. The van der Waals surface area contributed by atoms with Crippen molar-refractivity contribution in [3.8, 4) is 0 Å². The minimum atomic E-state index is 0.337. The van der Waals surface area contributed by atoms with Crippen LogP contribution in [0, 0.1) is 0 Å². The van der Waals surface area contributed by atoms with Gasteiger partial charge in [0.25, 0.3) is 0 Å². The van der Waals surface area contributed by atoms with Gasteiger partial charge in [0.15, 0.2) is 0 Å². The normalized spacial score (nSPS) is 38.5. The Morgan fingerprint density at radius 3 is 2.67 bits per heavy atom. The van der Waals surface area contributed by atoms with Gasteiger partial charge in [-0.1, -0.05) is 0 Å². The van der Waals surface area contributed by atoms with Gasteiger partial charge in [0.2, 0.25) is 0 Å². The van der Waals surface area contributed by atoms with Crippen molar-refractivity contribution in [2.75, 3.05) is 33.4 Å². The van der Waals surface area contributed by atoms with Gasteiger partial charge >= 0.3 is 0 Å². The van der Waals surface area contributed by atoms with Crippen LogP contribution in [0.3, 0.4) is 0 Å². The Bertz CT molecular complexity index is 170. The first-order valence-corrected chi connectivity index (χ1v) is 4.72. The summed E-state index contributed by atoms with van der Waals surface area (Å²) in [7, 11) is 2.18. The number of rotatable bonds is 2. The van der Waals surface area contributed by atoms with Crippen LogP contribution in [0.15, 0.2) is 0 Å². The van der Waals surface area contributed by atoms with E-state index in [1.165, 1.54) is 19.5 Å². The van der Waals surface area contributed by atoms with Crippen LogP contribution in [-0.2, 0) is 4.74 Å². The maximum absolute atomic E-state index is 5.14. The molecule has 2 heterocycles. The molecule has 0 aromatic heterocycles. The number of likely N-dealkylation sites (tertiary alicyclic amines) is 1. The maximum Gasteiger partial charge on any atom is 0.0643 e. The zero-order chi connectivity index (χ0) is 8.60. The highest BCUT2D eigenvalue weighted by atomic mass is 16.5. The third-order valence-corrected chi connectivity index (χ3v) is 2.85. The Morgan fingerprint density at radius 1 is 1.50 bits per heavy atom. The summed E-state index contributed by atoms with van der Waals surface area (Å²) in [5.41, 5.74) is 0.337. The van der Waals surface area contributed by atoms with Crippen LogP contribution in [0.5, 0.6) is 0 Å². The second kappa shape index (κ2) is 2.98. The maximum atomic E-state index is 5.14. The van der Waals surface area contributed by atoms with Crippen LogP contribution in [0.2, 0.25) is 0 Å². The number of likely N-dealkylation sites (N-methyl/N-ethyl adjacent to an activating group) is 1. The van der Waals surface area contributed by atoms with Crippen LogP contribution in [0.1, 0.15) is 13.3 Å². The van der Waals surface area contributed by atoms with Crippen molar-refractivity contribution in [1.82, 2.24) is 10.2 Å². The zero-order valence-electron chi connectivity index (χ0n) is 7.97. The summed E-state index contributed by atoms with van der Waals surface area (Å²) in [5, 5.41) is 3.66. The summed E-state index contributed by atoms with van der Waals surface area (Å²) >= 11 is 0. The van der Waals surface area contributed by atoms with Crippen molar-refractivity contribution in [2.24, 2.45) is 0 Å². The first-order valence-electron chi connectivity index (χ1n) is 4.72. The van der Waals surface area contributed by atoms with Crippen molar-refractivity contribution in [3.63, 3.8) is 0 Å². The van der Waals surface area contributed by atoms with Gasteiger partial charge in [-0.25, -0.2) is 0 Å². The summed E-state index contributed by atoms with van der Waals surface area (Å²) < 4.78 is 5.14. The molecule has 0 spiro atoms. The lowest BCUT2D eigenvalue weighted by Gasteiger charge is -2.36. The molecule has 1 atom stereocenters. The Balaban J connectivity index is 1.84. The van der Waals surface area contributed by atoms with E-state index >= 15 is 0 Å². The van der Waals surface area contributed by atoms with Crippen LogP contribution >= 0.6 is 0 Å². The fourth-order valence-corrected chi connectivity index (χ4v) is 2.12. The average molecular weight is 170 g/mol. The number of ether oxygens (including phenoxy) is 1. The lowest BCUT2D eigenvalue weighted by Crippen LogP contribution is -2.57. The third-order valence-electron chi connectivity index (χ3n) is 2.85. The Kier molecular flexibility index (Phi) is 2.10. The molecule has 2 fully saturated rings. The highest BCUT2D eigenvalue weighted by Gasteiger charge is 2.35. The number of hydrogen-bond acceptors (Lipinski definition) is 3. The number of nitrogens with zero attached hydrogens (tertiary/aromatic N) is 1. The summed E-state index contributed by atoms with van der Waals surface area (Å²) in [6.45, 7) is 6.51. The second-order valence-corrected chi connectivity index (χ2v) is 4.43. The van der Waals surface area contributed by atoms with Gasteiger partial charge < -0.3 is 15.0 Å². The highest BCUT2D eigenvalue weighted by Crippen LogP contribution is 2.21. The van der Waals surface area contributed by atoms with Crippen LogP contribution in [0.25, 0.3) is 0 Å². The minimum Gasteiger partial charge on any atom is -0.378 e. The SMILES string of the molecule is CN1CCC(C)(NC2COC2)C1. The van der Waals surface area contributed by atoms with Crippen molar-refractivity contribution in [1.29, 1.82) is 0 Å². The lowest BCUT2D eigenvalue weighted by molar-refractivity contribution is -0.0171. The van der Waals surface area contributed by atoms with Crippen molar-refractivity contribution in [2.45, 2.75) is 24.9 Å². The van der Waals surface area contributed by atoms with Gasteiger partial charge in [0.1, 0.15) is 0 Å². The molecule has 0 amide bonds. The molecular weight excluding hydrogens is 152 g/mol. The molecule has 0 aliphatic carbocycles. The van der Waals surface area contributed by atoms with Crippen molar-refractivity contribution >= 4 is 0 Å². The fourth-order valence-electron chi connectivity index (χ4n) is 2.12. The zero-order valence-corrected chi connectivity index (χ0v) is 7.97. The molecule has 2 rings (SSSR count). The Morgan fingerprint density at radius 2 is 2.25 bits per heavy atom. The highest BCUT2D eigenvalue weighted by molar-refractivity contribution is 4.95. The van der Waals surface area contributed by atoms with Crippen LogP contribution in [0.4, 0.5) is 0 Å². The molecule has 1 N–H and O–H groups in total. The average Bonchev–Trinajstić information content (AvgIpc) is 2.24. The third kappa shape index (κ3) is 1.63. The second-order valence-electron chi connectivity index (χ2n) is 4.43. The number of nitrogens with one attached hydrogen (secondary N) is 1. The van der Waals surface area contributed by atoms with Gasteiger partial charge in [-0.2, -0.15) is 0 Å². The molecule has 2 aliphatic heterocycles. The van der Waals surface area contributed by atoms with Crippen molar-refractivity contribution < 1.29 is 4.74 Å². The van der Waals surface area contributed by atoms with Gasteiger partial charge in [-0.3, -0.25) is 0 Å². The smallest absolute Gasteiger partial charge is 0.0643 e. The van der Waals surface area contributed by atoms with Gasteiger partial charge in [-0.05, 0) is 26.9 Å². The molecule has 70 valence electrons. The Labute approximate surface area is 74.1 Å². The molecule has 0 radical (unpaired) electrons. The van der Waals surface area contributed by atoms with E-state index in [0.717, 1.165) is 13.2 Å². The molecule has 0 bridgehead atoms. The van der Waals surface area contributed by atoms with E-state index in [-0.39, 0.29) is 0 Å². The monoisotopic (exact) mass is 170 g/mol.